The fourth-order valence-electron chi connectivity index (χ4n) is 1.65. The van der Waals surface area contributed by atoms with Gasteiger partial charge in [-0.05, 0) is 6.92 Å². The topological polar surface area (TPSA) is 78.9 Å². The molecule has 6 nitrogen and oxygen atoms in total. The van der Waals surface area contributed by atoms with E-state index in [1.807, 2.05) is 0 Å². The van der Waals surface area contributed by atoms with E-state index in [9.17, 15) is 9.59 Å². The van der Waals surface area contributed by atoms with Crippen molar-refractivity contribution >= 4 is 23.5 Å². The molecule has 0 spiro atoms. The van der Waals surface area contributed by atoms with Gasteiger partial charge in [0.25, 0.3) is 5.91 Å². The highest BCUT2D eigenvalue weighted by atomic mass is 32.2. The zero-order valence-corrected chi connectivity index (χ0v) is 12.0. The number of aliphatic hydroxyl groups is 1. The number of hydrogen-bond donors (Lipinski definition) is 2. The zero-order chi connectivity index (χ0) is 14.4. The predicted molar refractivity (Wildman–Crippen MR) is 73.5 cm³/mol. The van der Waals surface area contributed by atoms with Gasteiger partial charge in [-0.25, -0.2) is 0 Å². The number of rotatable bonds is 6. The number of carbonyl (C=O) groups is 2. The van der Waals surface area contributed by atoms with Crippen LogP contribution in [0.2, 0.25) is 0 Å². The van der Waals surface area contributed by atoms with Crippen LogP contribution < -0.4 is 5.32 Å². The molecule has 0 radical (unpaired) electrons. The Bertz CT molecular complexity index is 431. The third-order valence-corrected chi connectivity index (χ3v) is 3.69. The first-order valence-corrected chi connectivity index (χ1v) is 6.97. The van der Waals surface area contributed by atoms with E-state index in [0.29, 0.717) is 29.9 Å². The third kappa shape index (κ3) is 3.51. The Kier molecular flexibility index (Phi) is 5.91. The van der Waals surface area contributed by atoms with Crippen LogP contribution >= 0.6 is 11.8 Å². The van der Waals surface area contributed by atoms with E-state index >= 15 is 0 Å². The van der Waals surface area contributed by atoms with Crippen LogP contribution in [0.1, 0.15) is 6.92 Å². The van der Waals surface area contributed by atoms with Gasteiger partial charge in [0.1, 0.15) is 5.57 Å². The van der Waals surface area contributed by atoms with E-state index in [4.69, 9.17) is 9.94 Å². The highest BCUT2D eigenvalue weighted by molar-refractivity contribution is 8.00. The van der Waals surface area contributed by atoms with Crippen molar-refractivity contribution in [3.05, 3.63) is 23.1 Å². The Morgan fingerprint density at radius 3 is 2.74 bits per heavy atom. The van der Waals surface area contributed by atoms with Gasteiger partial charge in [0.2, 0.25) is 0 Å². The van der Waals surface area contributed by atoms with Crippen molar-refractivity contribution in [2.75, 3.05) is 32.2 Å². The maximum atomic E-state index is 12.3. The van der Waals surface area contributed by atoms with E-state index in [-0.39, 0.29) is 5.57 Å². The lowest BCUT2D eigenvalue weighted by Gasteiger charge is -2.18. The van der Waals surface area contributed by atoms with Crippen molar-refractivity contribution in [1.29, 1.82) is 0 Å². The summed E-state index contributed by atoms with van der Waals surface area (Å²) in [5.41, 5.74) is 0.961. The molecule has 1 amide bonds. The molecule has 0 aromatic heterocycles. The lowest BCUT2D eigenvalue weighted by molar-refractivity contribution is -0.121. The normalized spacial score (nSPS) is 15.6. The Morgan fingerprint density at radius 1 is 1.53 bits per heavy atom. The van der Waals surface area contributed by atoms with Gasteiger partial charge in [-0.2, -0.15) is 11.8 Å². The molecule has 0 aromatic carbocycles. The minimum atomic E-state index is -0.571. The number of nitrogens with one attached hydrogen (secondary N) is 1. The first-order valence-electron chi connectivity index (χ1n) is 5.81. The molecule has 0 fully saturated rings. The van der Waals surface area contributed by atoms with Gasteiger partial charge < -0.3 is 10.4 Å². The second-order valence-electron chi connectivity index (χ2n) is 3.83. The molecule has 0 atom stereocenters. The van der Waals surface area contributed by atoms with Gasteiger partial charge in [0.05, 0.1) is 19.1 Å². The SMILES string of the molecule is CCNC(=O)C(=CO)C(=O)C1=C(N(C)OC)CSC1. The molecule has 0 unspecified atom stereocenters. The molecule has 0 saturated carbocycles. The molecule has 106 valence electrons. The molecule has 1 aliphatic rings. The summed E-state index contributed by atoms with van der Waals surface area (Å²) in [5.74, 6) is 0.106. The molecule has 0 aliphatic carbocycles. The van der Waals surface area contributed by atoms with E-state index < -0.39 is 11.7 Å². The van der Waals surface area contributed by atoms with Gasteiger partial charge in [0.15, 0.2) is 5.78 Å². The summed E-state index contributed by atoms with van der Waals surface area (Å²) in [6.07, 6.45) is 0.563. The van der Waals surface area contributed by atoms with Gasteiger partial charge in [-0.15, -0.1) is 0 Å². The van der Waals surface area contributed by atoms with Gasteiger partial charge in [-0.1, -0.05) is 0 Å². The summed E-state index contributed by atoms with van der Waals surface area (Å²) in [5, 5.41) is 13.1. The Morgan fingerprint density at radius 2 is 2.21 bits per heavy atom. The Balaban J connectivity index is 3.00. The fourth-order valence-corrected chi connectivity index (χ4v) is 2.80. The number of aliphatic hydroxyl groups excluding tert-OH is 1. The maximum Gasteiger partial charge on any atom is 0.258 e. The van der Waals surface area contributed by atoms with Gasteiger partial charge in [0, 0.05) is 30.7 Å². The van der Waals surface area contributed by atoms with Crippen LogP contribution in [0.4, 0.5) is 0 Å². The number of hydroxylamine groups is 2. The summed E-state index contributed by atoms with van der Waals surface area (Å²) in [4.78, 5) is 29.0. The van der Waals surface area contributed by atoms with Crippen LogP contribution in [0, 0.1) is 0 Å². The van der Waals surface area contributed by atoms with Crippen molar-refractivity contribution in [3.8, 4) is 0 Å². The fraction of sp³-hybridized carbons (Fsp3) is 0.500. The quantitative estimate of drug-likeness (QED) is 0.245. The van der Waals surface area contributed by atoms with Gasteiger partial charge >= 0.3 is 0 Å². The molecule has 0 bridgehead atoms. The van der Waals surface area contributed by atoms with Crippen LogP contribution in [0.3, 0.4) is 0 Å². The van der Waals surface area contributed by atoms with Crippen molar-refractivity contribution in [2.24, 2.45) is 0 Å². The molecule has 0 saturated heterocycles. The average molecular weight is 286 g/mol. The molecule has 19 heavy (non-hydrogen) atoms. The minimum absolute atomic E-state index is 0.249. The van der Waals surface area contributed by atoms with Crippen LogP contribution in [0.5, 0.6) is 0 Å². The summed E-state index contributed by atoms with van der Waals surface area (Å²) in [6, 6.07) is 0. The molecule has 1 heterocycles. The van der Waals surface area contributed by atoms with Crippen LogP contribution in [0.15, 0.2) is 23.1 Å². The van der Waals surface area contributed by atoms with Crippen LogP contribution in [-0.4, -0.2) is 54.1 Å². The van der Waals surface area contributed by atoms with Crippen molar-refractivity contribution < 1.29 is 19.5 Å². The molecular weight excluding hydrogens is 268 g/mol. The lowest BCUT2D eigenvalue weighted by Crippen LogP contribution is -2.30. The summed E-state index contributed by atoms with van der Waals surface area (Å²) >= 11 is 1.56. The number of hydrogen-bond acceptors (Lipinski definition) is 6. The second kappa shape index (κ2) is 7.20. The van der Waals surface area contributed by atoms with Crippen molar-refractivity contribution in [2.45, 2.75) is 6.92 Å². The number of amides is 1. The zero-order valence-electron chi connectivity index (χ0n) is 11.2. The van der Waals surface area contributed by atoms with Crippen molar-refractivity contribution in [3.63, 3.8) is 0 Å². The highest BCUT2D eigenvalue weighted by Gasteiger charge is 2.29. The number of likely N-dealkylation sites (N-methyl/N-ethyl adjacent to an activating group) is 1. The predicted octanol–water partition coefficient (Wildman–Crippen LogP) is 0.628. The highest BCUT2D eigenvalue weighted by Crippen LogP contribution is 2.28. The molecule has 1 rings (SSSR count). The largest absolute Gasteiger partial charge is 0.515 e. The summed E-state index contributed by atoms with van der Waals surface area (Å²) < 4.78 is 0. The van der Waals surface area contributed by atoms with E-state index in [1.54, 1.807) is 25.7 Å². The van der Waals surface area contributed by atoms with E-state index in [1.165, 1.54) is 12.2 Å². The number of Topliss-reactive ketones (excluding diaryl/α,β-unsaturated/α-hetero) is 1. The molecular formula is C12H18N2O4S. The van der Waals surface area contributed by atoms with Gasteiger partial charge in [-0.3, -0.25) is 19.5 Å². The minimum Gasteiger partial charge on any atom is -0.515 e. The first-order chi connectivity index (χ1) is 9.06. The summed E-state index contributed by atoms with van der Waals surface area (Å²) in [6.45, 7) is 2.13. The van der Waals surface area contributed by atoms with E-state index in [2.05, 4.69) is 5.32 Å². The summed E-state index contributed by atoms with van der Waals surface area (Å²) in [7, 11) is 3.20. The standard InChI is InChI=1S/C12H18N2O4S/c1-4-13-12(17)8(5-15)11(16)9-6-19-7-10(9)14(2)18-3/h5,15H,4,6-7H2,1-3H3,(H,13,17). The second-order valence-corrected chi connectivity index (χ2v) is 4.82. The first kappa shape index (κ1) is 15.6. The Labute approximate surface area is 116 Å². The third-order valence-electron chi connectivity index (χ3n) is 2.72. The molecule has 7 heteroatoms. The molecule has 2 N–H and O–H groups in total. The number of thioether (sulfide) groups is 1. The number of nitrogens with zero attached hydrogens (tertiary/aromatic N) is 1. The lowest BCUT2D eigenvalue weighted by atomic mass is 10.0. The van der Waals surface area contributed by atoms with Crippen LogP contribution in [0.25, 0.3) is 0 Å². The smallest absolute Gasteiger partial charge is 0.258 e. The van der Waals surface area contributed by atoms with E-state index in [0.717, 1.165) is 5.70 Å². The average Bonchev–Trinajstić information content (AvgIpc) is 2.88. The number of carbonyl (C=O) groups excluding carboxylic acids is 2. The van der Waals surface area contributed by atoms with Crippen LogP contribution in [-0.2, 0) is 14.4 Å². The molecule has 1 aliphatic heterocycles. The number of ketones is 1. The maximum absolute atomic E-state index is 12.3. The Hall–Kier alpha value is -1.47. The molecule has 0 aromatic rings. The monoisotopic (exact) mass is 286 g/mol. The van der Waals surface area contributed by atoms with Crippen molar-refractivity contribution in [1.82, 2.24) is 10.4 Å².